The van der Waals surface area contributed by atoms with Gasteiger partial charge in [-0.15, -0.1) is 0 Å². The molecule has 3 aromatic heterocycles. The van der Waals surface area contributed by atoms with Crippen molar-refractivity contribution >= 4 is 28.6 Å². The number of imidazole rings is 2. The van der Waals surface area contributed by atoms with Crippen LogP contribution >= 0.6 is 11.6 Å². The van der Waals surface area contributed by atoms with E-state index in [2.05, 4.69) is 37.0 Å². The molecule has 8 rings (SSSR count). The largest absolute Gasteiger partial charge is 0.494 e. The van der Waals surface area contributed by atoms with Crippen LogP contribution in [0, 0.1) is 11.8 Å². The number of hydrogen-bond acceptors (Lipinski definition) is 9. The van der Waals surface area contributed by atoms with Crippen molar-refractivity contribution in [1.29, 1.82) is 0 Å². The summed E-state index contributed by atoms with van der Waals surface area (Å²) < 4.78 is 27.9. The molecule has 1 saturated heterocycles. The first-order valence-corrected chi connectivity index (χ1v) is 16.2. The number of rotatable bonds is 9. The third-order valence-corrected chi connectivity index (χ3v) is 10.0. The average molecular weight is 655 g/mol. The number of halogens is 1. The summed E-state index contributed by atoms with van der Waals surface area (Å²) in [6, 6.07) is 13.3. The molecule has 12 heteroatoms. The number of piperidine rings is 1. The maximum atomic E-state index is 12.6. The van der Waals surface area contributed by atoms with Gasteiger partial charge >= 0.3 is 5.97 Å². The van der Waals surface area contributed by atoms with E-state index in [1.165, 1.54) is 12.7 Å². The van der Waals surface area contributed by atoms with Gasteiger partial charge in [0, 0.05) is 44.5 Å². The average Bonchev–Trinajstić information content (AvgIpc) is 3.57. The zero-order valence-corrected chi connectivity index (χ0v) is 27.4. The fourth-order valence-corrected chi connectivity index (χ4v) is 7.53. The topological polar surface area (TPSA) is 106 Å². The lowest BCUT2D eigenvalue weighted by molar-refractivity contribution is -0.0721. The van der Waals surface area contributed by atoms with E-state index in [1.807, 2.05) is 43.7 Å². The summed E-state index contributed by atoms with van der Waals surface area (Å²) in [5.41, 5.74) is 4.88. The molecule has 47 heavy (non-hydrogen) atoms. The summed E-state index contributed by atoms with van der Waals surface area (Å²) in [5.74, 6) is 2.96. The fraction of sp³-hybridized carbons (Fsp3) is 0.371. The molecule has 242 valence electrons. The number of benzene rings is 2. The lowest BCUT2D eigenvalue weighted by Crippen LogP contribution is -2.32. The summed E-state index contributed by atoms with van der Waals surface area (Å²) in [5, 5.41) is 0.567. The molecule has 11 nitrogen and oxygen atoms in total. The monoisotopic (exact) mass is 654 g/mol. The Bertz CT molecular complexity index is 2000. The summed E-state index contributed by atoms with van der Waals surface area (Å²) in [6.45, 7) is 7.90. The minimum absolute atomic E-state index is 0.394. The van der Waals surface area contributed by atoms with Crippen molar-refractivity contribution in [2.45, 2.75) is 45.2 Å². The smallest absolute Gasteiger partial charge is 0.338 e. The van der Waals surface area contributed by atoms with Crippen molar-refractivity contribution in [3.8, 4) is 17.2 Å². The molecule has 3 atom stereocenters. The van der Waals surface area contributed by atoms with Gasteiger partial charge in [-0.1, -0.05) is 23.7 Å². The third-order valence-electron chi connectivity index (χ3n) is 9.80. The van der Waals surface area contributed by atoms with E-state index in [4.69, 9.17) is 35.5 Å². The molecule has 5 heterocycles. The molecule has 0 bridgehead atoms. The number of carbonyl (C=O) groups is 1. The zero-order chi connectivity index (χ0) is 32.4. The molecule has 1 saturated carbocycles. The lowest BCUT2D eigenvalue weighted by Gasteiger charge is -2.23. The van der Waals surface area contributed by atoms with Crippen LogP contribution < -0.4 is 14.2 Å². The lowest BCUT2D eigenvalue weighted by atomic mass is 10.0. The Hall–Kier alpha value is -4.61. The normalized spacial score (nSPS) is 22.9. The van der Waals surface area contributed by atoms with Crippen LogP contribution in [0.15, 0.2) is 61.2 Å². The molecule has 3 aliphatic rings. The number of hydrogen-bond donors (Lipinski definition) is 0. The number of aryl methyl sites for hydroxylation is 1. The van der Waals surface area contributed by atoms with Crippen LogP contribution in [-0.4, -0.2) is 62.3 Å². The van der Waals surface area contributed by atoms with Gasteiger partial charge in [-0.05, 0) is 55.0 Å². The van der Waals surface area contributed by atoms with E-state index in [0.29, 0.717) is 52.9 Å². The van der Waals surface area contributed by atoms with E-state index in [-0.39, 0.29) is 0 Å². The number of likely N-dealkylation sites (tertiary alicyclic amines) is 1. The molecular weight excluding hydrogens is 620 g/mol. The first kappa shape index (κ1) is 29.8. The molecule has 0 radical (unpaired) electrons. The number of para-hydroxylation sites is 1. The summed E-state index contributed by atoms with van der Waals surface area (Å²) >= 11 is 6.08. The van der Waals surface area contributed by atoms with E-state index in [9.17, 15) is 4.79 Å². The van der Waals surface area contributed by atoms with E-state index < -0.39 is 11.8 Å². The number of pyridine rings is 1. The maximum Gasteiger partial charge on any atom is 0.338 e. The molecule has 2 fully saturated rings. The second-order valence-corrected chi connectivity index (χ2v) is 13.0. The molecular formula is C35H35ClN6O5. The molecule has 5 aromatic rings. The second-order valence-electron chi connectivity index (χ2n) is 12.6. The van der Waals surface area contributed by atoms with Gasteiger partial charge in [-0.3, -0.25) is 9.88 Å². The van der Waals surface area contributed by atoms with Gasteiger partial charge < -0.3 is 28.1 Å². The highest BCUT2D eigenvalue weighted by atomic mass is 35.5. The Labute approximate surface area is 277 Å². The van der Waals surface area contributed by atoms with Gasteiger partial charge in [0.15, 0.2) is 11.5 Å². The number of esters is 1. The van der Waals surface area contributed by atoms with Crippen molar-refractivity contribution in [1.82, 2.24) is 29.0 Å². The predicted octanol–water partition coefficient (Wildman–Crippen LogP) is 5.63. The first-order valence-electron chi connectivity index (χ1n) is 15.8. The van der Waals surface area contributed by atoms with Crippen molar-refractivity contribution < 1.29 is 23.7 Å². The number of carbonyl (C=O) groups excluding carboxylic acids is 1. The van der Waals surface area contributed by atoms with Crippen LogP contribution in [0.4, 0.5) is 0 Å². The fourth-order valence-electron chi connectivity index (χ4n) is 7.42. The number of aromatic nitrogens is 5. The van der Waals surface area contributed by atoms with E-state index in [0.717, 1.165) is 53.7 Å². The minimum atomic E-state index is -1.01. The maximum absolute atomic E-state index is 12.6. The van der Waals surface area contributed by atoms with Gasteiger partial charge in [0.25, 0.3) is 5.79 Å². The highest BCUT2D eigenvalue weighted by Gasteiger charge is 2.58. The van der Waals surface area contributed by atoms with Crippen LogP contribution in [0.25, 0.3) is 11.0 Å². The van der Waals surface area contributed by atoms with Gasteiger partial charge in [0.05, 0.1) is 55.4 Å². The number of fused-ring (bicyclic) bond motifs is 3. The molecule has 0 N–H and O–H groups in total. The van der Waals surface area contributed by atoms with Crippen LogP contribution in [-0.2, 0) is 30.2 Å². The Morgan fingerprint density at radius 1 is 1.09 bits per heavy atom. The molecule has 0 amide bonds. The molecule has 0 spiro atoms. The Balaban J connectivity index is 1.05. The highest BCUT2D eigenvalue weighted by Crippen LogP contribution is 2.62. The van der Waals surface area contributed by atoms with Gasteiger partial charge in [0.2, 0.25) is 0 Å². The quantitative estimate of drug-likeness (QED) is 0.187. The Morgan fingerprint density at radius 2 is 1.91 bits per heavy atom. The summed E-state index contributed by atoms with van der Waals surface area (Å²) in [4.78, 5) is 29.0. The standard InChI is InChI=1S/C35H35ClN6O5/c1-5-41-19-37-14-22(41)15-42-26-11-20(34(43)45-4)12-28(44-3)32(26)39-30(42)18-40-16-24-25(17-40)31(24)23-7-6-8-27-33(23)47-35(2,46-27)29-10-9-21(36)13-38-29/h6-14,19,24-25,31H,5,15-18H2,1-4H3. The van der Waals surface area contributed by atoms with Crippen molar-refractivity contribution in [2.24, 2.45) is 11.8 Å². The number of ether oxygens (including phenoxy) is 4. The van der Waals surface area contributed by atoms with Gasteiger partial charge in [0.1, 0.15) is 22.8 Å². The molecule has 2 aromatic carbocycles. The summed E-state index contributed by atoms with van der Waals surface area (Å²) in [6.07, 6.45) is 5.33. The van der Waals surface area contributed by atoms with Crippen LogP contribution in [0.3, 0.4) is 0 Å². The zero-order valence-electron chi connectivity index (χ0n) is 26.6. The van der Waals surface area contributed by atoms with Gasteiger partial charge in [-0.2, -0.15) is 0 Å². The van der Waals surface area contributed by atoms with Crippen LogP contribution in [0.1, 0.15) is 52.9 Å². The van der Waals surface area contributed by atoms with Crippen molar-refractivity contribution in [3.63, 3.8) is 0 Å². The first-order chi connectivity index (χ1) is 22.8. The van der Waals surface area contributed by atoms with Crippen LogP contribution in [0.5, 0.6) is 17.2 Å². The van der Waals surface area contributed by atoms with Crippen molar-refractivity contribution in [3.05, 3.63) is 94.5 Å². The highest BCUT2D eigenvalue weighted by molar-refractivity contribution is 6.30. The summed E-state index contributed by atoms with van der Waals surface area (Å²) in [7, 11) is 2.98. The Morgan fingerprint density at radius 3 is 2.64 bits per heavy atom. The predicted molar refractivity (Wildman–Crippen MR) is 174 cm³/mol. The van der Waals surface area contributed by atoms with Gasteiger partial charge in [-0.25, -0.2) is 14.8 Å². The molecule has 2 aliphatic heterocycles. The number of nitrogens with zero attached hydrogens (tertiary/aromatic N) is 6. The second kappa shape index (κ2) is 11.3. The molecule has 3 unspecified atom stereocenters. The molecule has 1 aliphatic carbocycles. The third kappa shape index (κ3) is 4.99. The van der Waals surface area contributed by atoms with Crippen LogP contribution in [0.2, 0.25) is 5.02 Å². The number of methoxy groups -OCH3 is 2. The van der Waals surface area contributed by atoms with E-state index >= 15 is 0 Å². The van der Waals surface area contributed by atoms with Crippen molar-refractivity contribution in [2.75, 3.05) is 27.3 Å². The SMILES string of the molecule is CCn1cncc1Cn1c(CN2CC3C(C2)C3c2cccc3c2OC(C)(c2ccc(Cl)cn2)O3)nc2c(OC)cc(C(=O)OC)cc21. The Kier molecular flexibility index (Phi) is 7.14. The minimum Gasteiger partial charge on any atom is -0.494 e. The van der Waals surface area contributed by atoms with E-state index in [1.54, 1.807) is 25.4 Å².